The van der Waals surface area contributed by atoms with Crippen molar-refractivity contribution in [1.82, 2.24) is 4.90 Å². The van der Waals surface area contributed by atoms with Crippen LogP contribution < -0.4 is 0 Å². The van der Waals surface area contributed by atoms with Crippen molar-refractivity contribution >= 4 is 0 Å². The van der Waals surface area contributed by atoms with Crippen LogP contribution in [0, 0.1) is 0 Å². The molecule has 5 N–H and O–H groups in total. The summed E-state index contributed by atoms with van der Waals surface area (Å²) in [6.07, 6.45) is -4.15. The molecule has 2 rings (SSSR count). The summed E-state index contributed by atoms with van der Waals surface area (Å²) in [6.45, 7) is -0.126. The smallest absolute Gasteiger partial charge is 0.0996 e. The molecule has 2 aliphatic heterocycles. The highest BCUT2D eigenvalue weighted by molar-refractivity contribution is 5.09. The number of aliphatic hydroxyl groups excluding tert-OH is 5. The molecule has 0 bridgehead atoms. The summed E-state index contributed by atoms with van der Waals surface area (Å²) < 4.78 is 0. The van der Waals surface area contributed by atoms with E-state index in [4.69, 9.17) is 5.11 Å². The Balaban J connectivity index is 2.21. The average molecular weight is 205 g/mol. The molecule has 6 atom stereocenters. The first-order valence-electron chi connectivity index (χ1n) is 4.66. The lowest BCUT2D eigenvalue weighted by atomic mass is 10.0. The van der Waals surface area contributed by atoms with Crippen molar-refractivity contribution in [2.24, 2.45) is 0 Å². The molecule has 0 aromatic heterocycles. The zero-order chi connectivity index (χ0) is 10.5. The molecule has 0 aliphatic carbocycles. The van der Waals surface area contributed by atoms with Crippen LogP contribution in [-0.2, 0) is 0 Å². The Bertz CT molecular complexity index is 226. The second-order valence-electron chi connectivity index (χ2n) is 3.98. The Labute approximate surface area is 81.0 Å². The highest BCUT2D eigenvalue weighted by Crippen LogP contribution is 2.33. The summed E-state index contributed by atoms with van der Waals surface area (Å²) in [5.74, 6) is 0. The Morgan fingerprint density at radius 2 is 1.64 bits per heavy atom. The second-order valence-corrected chi connectivity index (χ2v) is 3.98. The van der Waals surface area contributed by atoms with Gasteiger partial charge in [0.05, 0.1) is 43.1 Å². The van der Waals surface area contributed by atoms with Crippen molar-refractivity contribution in [2.75, 3.05) is 13.2 Å². The minimum atomic E-state index is -1.11. The van der Waals surface area contributed by atoms with Crippen LogP contribution in [0.2, 0.25) is 0 Å². The van der Waals surface area contributed by atoms with Crippen LogP contribution in [-0.4, -0.2) is 80.1 Å². The number of rotatable bonds is 1. The Morgan fingerprint density at radius 1 is 1.00 bits per heavy atom. The van der Waals surface area contributed by atoms with Gasteiger partial charge in [-0.1, -0.05) is 0 Å². The Morgan fingerprint density at radius 3 is 2.21 bits per heavy atom. The predicted octanol–water partition coefficient (Wildman–Crippen LogP) is -3.51. The normalized spacial score (nSPS) is 53.8. The first-order valence-corrected chi connectivity index (χ1v) is 4.66. The molecule has 0 amide bonds. The summed E-state index contributed by atoms with van der Waals surface area (Å²) in [7, 11) is 0. The van der Waals surface area contributed by atoms with E-state index in [0.29, 0.717) is 0 Å². The first kappa shape index (κ1) is 10.3. The molecule has 1 unspecified atom stereocenters. The van der Waals surface area contributed by atoms with E-state index in [1.807, 2.05) is 0 Å². The molecule has 0 aromatic rings. The molecule has 82 valence electrons. The minimum Gasteiger partial charge on any atom is -0.395 e. The molecule has 6 heteroatoms. The summed E-state index contributed by atoms with van der Waals surface area (Å²) in [6, 6.07) is -1.26. The number of nitrogens with zero attached hydrogens (tertiary/aromatic N) is 1. The van der Waals surface area contributed by atoms with E-state index in [2.05, 4.69) is 0 Å². The number of hydrogen-bond donors (Lipinski definition) is 5. The van der Waals surface area contributed by atoms with Crippen molar-refractivity contribution in [3.05, 3.63) is 0 Å². The molecule has 0 spiro atoms. The van der Waals surface area contributed by atoms with Gasteiger partial charge in [-0.25, -0.2) is 0 Å². The molecule has 0 radical (unpaired) electrons. The molecular formula is C8H15NO5. The van der Waals surface area contributed by atoms with Gasteiger partial charge in [0.2, 0.25) is 0 Å². The third kappa shape index (κ3) is 1.19. The van der Waals surface area contributed by atoms with E-state index >= 15 is 0 Å². The number of fused-ring (bicyclic) bond motifs is 1. The fourth-order valence-electron chi connectivity index (χ4n) is 2.46. The van der Waals surface area contributed by atoms with Crippen LogP contribution in [0.5, 0.6) is 0 Å². The molecule has 2 heterocycles. The standard InChI is InChI=1S/C8H15NO5/c10-2-3-6(12)8(14)5-7(13)4(11)1-9(3)5/h3-8,10-14H,1-2H2/t3-,4-,5+,6+,7?,8+/m0/s1. The maximum Gasteiger partial charge on any atom is 0.0996 e. The van der Waals surface area contributed by atoms with Gasteiger partial charge in [0.25, 0.3) is 0 Å². The lowest BCUT2D eigenvalue weighted by Crippen LogP contribution is -2.41. The highest BCUT2D eigenvalue weighted by atomic mass is 16.4. The molecule has 2 aliphatic rings. The van der Waals surface area contributed by atoms with Crippen LogP contribution >= 0.6 is 0 Å². The van der Waals surface area contributed by atoms with Crippen molar-refractivity contribution in [1.29, 1.82) is 0 Å². The van der Waals surface area contributed by atoms with Crippen LogP contribution in [0.3, 0.4) is 0 Å². The van der Waals surface area contributed by atoms with Gasteiger partial charge >= 0.3 is 0 Å². The Hall–Kier alpha value is -0.240. The molecule has 2 fully saturated rings. The summed E-state index contributed by atoms with van der Waals surface area (Å²) in [5.41, 5.74) is 0. The van der Waals surface area contributed by atoms with Gasteiger partial charge in [0.15, 0.2) is 0 Å². The van der Waals surface area contributed by atoms with E-state index < -0.39 is 36.5 Å². The summed E-state index contributed by atoms with van der Waals surface area (Å²) in [4.78, 5) is 1.56. The van der Waals surface area contributed by atoms with Crippen LogP contribution in [0.25, 0.3) is 0 Å². The largest absolute Gasteiger partial charge is 0.395 e. The van der Waals surface area contributed by atoms with Gasteiger partial charge in [0, 0.05) is 6.54 Å². The quantitative estimate of drug-likeness (QED) is 0.304. The maximum absolute atomic E-state index is 9.58. The number of hydrogen-bond acceptors (Lipinski definition) is 6. The first-order chi connectivity index (χ1) is 6.57. The van der Waals surface area contributed by atoms with E-state index in [0.717, 1.165) is 0 Å². The SMILES string of the molecule is OC[C@H]1[C@@H](O)[C@H](O)[C@H]2C(O)[C@@H](O)CN21. The van der Waals surface area contributed by atoms with Crippen molar-refractivity contribution in [3.63, 3.8) is 0 Å². The van der Waals surface area contributed by atoms with Crippen molar-refractivity contribution < 1.29 is 25.5 Å². The van der Waals surface area contributed by atoms with Crippen LogP contribution in [0.4, 0.5) is 0 Å². The monoisotopic (exact) mass is 205 g/mol. The van der Waals surface area contributed by atoms with Gasteiger partial charge in [0.1, 0.15) is 0 Å². The zero-order valence-corrected chi connectivity index (χ0v) is 7.56. The lowest BCUT2D eigenvalue weighted by molar-refractivity contribution is -0.0268. The summed E-state index contributed by atoms with van der Waals surface area (Å²) >= 11 is 0. The zero-order valence-electron chi connectivity index (χ0n) is 7.56. The van der Waals surface area contributed by atoms with E-state index in [9.17, 15) is 20.4 Å². The van der Waals surface area contributed by atoms with E-state index in [1.54, 1.807) is 4.90 Å². The average Bonchev–Trinajstić information content (AvgIpc) is 2.54. The molecule has 6 nitrogen and oxygen atoms in total. The molecule has 0 aromatic carbocycles. The second kappa shape index (κ2) is 3.41. The molecule has 14 heavy (non-hydrogen) atoms. The number of aliphatic hydroxyl groups is 5. The maximum atomic E-state index is 9.58. The van der Waals surface area contributed by atoms with E-state index in [1.165, 1.54) is 0 Å². The van der Waals surface area contributed by atoms with Crippen molar-refractivity contribution in [3.8, 4) is 0 Å². The molecule has 2 saturated heterocycles. The third-order valence-electron chi connectivity index (χ3n) is 3.23. The van der Waals surface area contributed by atoms with E-state index in [-0.39, 0.29) is 13.2 Å². The summed E-state index contributed by atoms with van der Waals surface area (Å²) in [5, 5.41) is 47.0. The Kier molecular flexibility index (Phi) is 2.50. The fourth-order valence-corrected chi connectivity index (χ4v) is 2.46. The predicted molar refractivity (Wildman–Crippen MR) is 45.4 cm³/mol. The molecular weight excluding hydrogens is 190 g/mol. The van der Waals surface area contributed by atoms with Gasteiger partial charge in [-0.3, -0.25) is 4.90 Å². The fraction of sp³-hybridized carbons (Fsp3) is 1.00. The van der Waals surface area contributed by atoms with Gasteiger partial charge in [-0.15, -0.1) is 0 Å². The van der Waals surface area contributed by atoms with Crippen LogP contribution in [0.15, 0.2) is 0 Å². The van der Waals surface area contributed by atoms with Gasteiger partial charge in [-0.2, -0.15) is 0 Å². The topological polar surface area (TPSA) is 104 Å². The van der Waals surface area contributed by atoms with Gasteiger partial charge < -0.3 is 25.5 Å². The van der Waals surface area contributed by atoms with Crippen LogP contribution in [0.1, 0.15) is 0 Å². The van der Waals surface area contributed by atoms with Crippen molar-refractivity contribution in [2.45, 2.75) is 36.5 Å². The molecule has 0 saturated carbocycles. The lowest BCUT2D eigenvalue weighted by Gasteiger charge is -2.22. The highest BCUT2D eigenvalue weighted by Gasteiger charge is 2.56. The third-order valence-corrected chi connectivity index (χ3v) is 3.23. The van der Waals surface area contributed by atoms with Gasteiger partial charge in [-0.05, 0) is 0 Å². The minimum absolute atomic E-state index is 0.172.